The first-order valence-electron chi connectivity index (χ1n) is 4.29. The second-order valence-corrected chi connectivity index (χ2v) is 4.53. The monoisotopic (exact) mass is 280 g/mol. The Kier molecular flexibility index (Phi) is 4.35. The number of hydrogen-bond acceptors (Lipinski definition) is 1. The summed E-state index contributed by atoms with van der Waals surface area (Å²) in [6.07, 6.45) is 0.630. The highest BCUT2D eigenvalue weighted by molar-refractivity contribution is 9.10. The minimum atomic E-state index is -0.436. The normalized spacial score (nSPS) is 12.9. The molecule has 0 amide bonds. The van der Waals surface area contributed by atoms with E-state index in [9.17, 15) is 4.39 Å². The van der Waals surface area contributed by atoms with Gasteiger partial charge in [-0.3, -0.25) is 0 Å². The van der Waals surface area contributed by atoms with Crippen LogP contribution < -0.4 is 0 Å². The van der Waals surface area contributed by atoms with E-state index in [1.54, 1.807) is 6.07 Å². The van der Waals surface area contributed by atoms with E-state index >= 15 is 0 Å². The fourth-order valence-corrected chi connectivity index (χ4v) is 1.94. The summed E-state index contributed by atoms with van der Waals surface area (Å²) in [4.78, 5) is 0. The molecule has 1 N–H and O–H groups in total. The average molecular weight is 282 g/mol. The van der Waals surface area contributed by atoms with Crippen molar-refractivity contribution in [2.45, 2.75) is 13.3 Å². The van der Waals surface area contributed by atoms with Crippen molar-refractivity contribution in [3.8, 4) is 0 Å². The van der Waals surface area contributed by atoms with Gasteiger partial charge in [-0.2, -0.15) is 0 Å². The molecule has 0 saturated carbocycles. The van der Waals surface area contributed by atoms with E-state index in [0.717, 1.165) is 5.56 Å². The van der Waals surface area contributed by atoms with Gasteiger partial charge in [0.1, 0.15) is 0 Å². The van der Waals surface area contributed by atoms with Gasteiger partial charge in [-0.1, -0.05) is 24.6 Å². The van der Waals surface area contributed by atoms with Gasteiger partial charge in [-0.05, 0) is 39.9 Å². The van der Waals surface area contributed by atoms with Crippen molar-refractivity contribution in [3.63, 3.8) is 0 Å². The third-order valence-corrected chi connectivity index (χ3v) is 3.14. The van der Waals surface area contributed by atoms with Crippen molar-refractivity contribution in [2.75, 3.05) is 6.61 Å². The number of halogens is 3. The van der Waals surface area contributed by atoms with Gasteiger partial charge in [0.15, 0.2) is 5.82 Å². The molecule has 0 aromatic heterocycles. The van der Waals surface area contributed by atoms with E-state index in [2.05, 4.69) is 15.9 Å². The molecule has 0 unspecified atom stereocenters. The van der Waals surface area contributed by atoms with E-state index in [0.29, 0.717) is 10.9 Å². The lowest BCUT2D eigenvalue weighted by Gasteiger charge is -2.10. The molecule has 0 radical (unpaired) electrons. The van der Waals surface area contributed by atoms with Crippen LogP contribution in [0.4, 0.5) is 4.39 Å². The highest BCUT2D eigenvalue weighted by Crippen LogP contribution is 2.28. The molecule has 0 saturated heterocycles. The molecule has 0 fully saturated rings. The number of hydrogen-bond donors (Lipinski definition) is 1. The maximum absolute atomic E-state index is 13.3. The van der Waals surface area contributed by atoms with E-state index < -0.39 is 5.82 Å². The van der Waals surface area contributed by atoms with Gasteiger partial charge in [0.05, 0.1) is 9.50 Å². The van der Waals surface area contributed by atoms with Crippen LogP contribution in [-0.2, 0) is 6.42 Å². The second kappa shape index (κ2) is 5.10. The van der Waals surface area contributed by atoms with Crippen LogP contribution in [0.3, 0.4) is 0 Å². The van der Waals surface area contributed by atoms with Gasteiger partial charge < -0.3 is 5.11 Å². The largest absolute Gasteiger partial charge is 0.396 e. The molecule has 4 heteroatoms. The molecule has 1 aromatic rings. The first-order chi connectivity index (χ1) is 6.56. The molecule has 0 heterocycles. The van der Waals surface area contributed by atoms with Crippen molar-refractivity contribution in [3.05, 3.63) is 33.0 Å². The highest BCUT2D eigenvalue weighted by atomic mass is 79.9. The molecule has 1 nitrogen and oxygen atoms in total. The van der Waals surface area contributed by atoms with Gasteiger partial charge in [0.25, 0.3) is 0 Å². The Morgan fingerprint density at radius 3 is 2.79 bits per heavy atom. The van der Waals surface area contributed by atoms with Gasteiger partial charge in [0, 0.05) is 6.61 Å². The Hall–Kier alpha value is -0.120. The lowest BCUT2D eigenvalue weighted by molar-refractivity contribution is 0.237. The Bertz CT molecular complexity index is 330. The maximum Gasteiger partial charge on any atom is 0.156 e. The van der Waals surface area contributed by atoms with Crippen molar-refractivity contribution >= 4 is 27.5 Å². The third kappa shape index (κ3) is 2.69. The highest BCUT2D eigenvalue weighted by Gasteiger charge is 2.11. The zero-order valence-electron chi connectivity index (χ0n) is 7.73. The predicted octanol–water partition coefficient (Wildman–Crippen LogP) is 3.41. The summed E-state index contributed by atoms with van der Waals surface area (Å²) < 4.78 is 13.7. The van der Waals surface area contributed by atoms with Crippen LogP contribution in [0.15, 0.2) is 16.6 Å². The number of aliphatic hydroxyl groups excluding tert-OH is 1. The molecule has 1 aromatic carbocycles. The predicted molar refractivity (Wildman–Crippen MR) is 59.1 cm³/mol. The second-order valence-electron chi connectivity index (χ2n) is 3.33. The Morgan fingerprint density at radius 1 is 1.57 bits per heavy atom. The quantitative estimate of drug-likeness (QED) is 0.842. The summed E-state index contributed by atoms with van der Waals surface area (Å²) in [5, 5.41) is 8.98. The molecule has 0 bridgehead atoms. The number of rotatable bonds is 3. The van der Waals surface area contributed by atoms with E-state index in [-0.39, 0.29) is 17.5 Å². The minimum Gasteiger partial charge on any atom is -0.396 e. The average Bonchev–Trinajstić information content (AvgIpc) is 2.19. The fourth-order valence-electron chi connectivity index (χ4n) is 1.16. The van der Waals surface area contributed by atoms with E-state index in [1.165, 1.54) is 6.07 Å². The zero-order chi connectivity index (χ0) is 10.7. The van der Waals surface area contributed by atoms with E-state index in [4.69, 9.17) is 16.7 Å². The molecule has 0 aliphatic heterocycles. The molecule has 78 valence electrons. The van der Waals surface area contributed by atoms with Gasteiger partial charge in [-0.15, -0.1) is 0 Å². The minimum absolute atomic E-state index is 0.0939. The zero-order valence-corrected chi connectivity index (χ0v) is 10.1. The Balaban J connectivity index is 2.94. The van der Waals surface area contributed by atoms with Gasteiger partial charge >= 0.3 is 0 Å². The number of benzene rings is 1. The van der Waals surface area contributed by atoms with Crippen molar-refractivity contribution in [1.29, 1.82) is 0 Å². The first-order valence-corrected chi connectivity index (χ1v) is 5.46. The third-order valence-electron chi connectivity index (χ3n) is 2.00. The van der Waals surface area contributed by atoms with Crippen molar-refractivity contribution in [2.24, 2.45) is 5.92 Å². The van der Waals surface area contributed by atoms with Crippen LogP contribution in [0, 0.1) is 11.7 Å². The molecule has 1 atom stereocenters. The van der Waals surface area contributed by atoms with Crippen molar-refractivity contribution < 1.29 is 9.50 Å². The lowest BCUT2D eigenvalue weighted by atomic mass is 10.0. The lowest BCUT2D eigenvalue weighted by Crippen LogP contribution is -2.05. The van der Waals surface area contributed by atoms with Crippen LogP contribution in [0.2, 0.25) is 5.02 Å². The standard InChI is InChI=1S/C10H11BrClFO/c1-6(5-14)4-7-2-3-8(12)10(13)9(7)11/h2-3,6,14H,4-5H2,1H3/t6-/m0/s1. The molecule has 0 aliphatic rings. The van der Waals surface area contributed by atoms with Gasteiger partial charge in [-0.25, -0.2) is 4.39 Å². The molecular formula is C10H11BrClFO. The summed E-state index contributed by atoms with van der Waals surface area (Å²) in [6.45, 7) is 2.00. The summed E-state index contributed by atoms with van der Waals surface area (Å²) >= 11 is 8.75. The Labute approximate surface area is 96.0 Å². The molecular weight excluding hydrogens is 270 g/mol. The summed E-state index contributed by atoms with van der Waals surface area (Å²) in [6, 6.07) is 3.29. The summed E-state index contributed by atoms with van der Waals surface area (Å²) in [5.74, 6) is -0.318. The number of aliphatic hydroxyl groups is 1. The topological polar surface area (TPSA) is 20.2 Å². The van der Waals surface area contributed by atoms with Crippen LogP contribution in [0.5, 0.6) is 0 Å². The van der Waals surface area contributed by atoms with Crippen LogP contribution in [-0.4, -0.2) is 11.7 Å². The van der Waals surface area contributed by atoms with Gasteiger partial charge in [0.2, 0.25) is 0 Å². The summed E-state index contributed by atoms with van der Waals surface area (Å²) in [7, 11) is 0. The SMILES string of the molecule is C[C@H](CO)Cc1ccc(Cl)c(F)c1Br. The molecule has 0 aliphatic carbocycles. The first kappa shape index (κ1) is 12.0. The van der Waals surface area contributed by atoms with Crippen LogP contribution >= 0.6 is 27.5 Å². The summed E-state index contributed by atoms with van der Waals surface area (Å²) in [5.41, 5.74) is 0.827. The molecule has 14 heavy (non-hydrogen) atoms. The van der Waals surface area contributed by atoms with E-state index in [1.807, 2.05) is 6.92 Å². The smallest absolute Gasteiger partial charge is 0.156 e. The molecule has 1 rings (SSSR count). The molecule has 0 spiro atoms. The van der Waals surface area contributed by atoms with Crippen LogP contribution in [0.1, 0.15) is 12.5 Å². The fraction of sp³-hybridized carbons (Fsp3) is 0.400. The van der Waals surface area contributed by atoms with Crippen LogP contribution in [0.25, 0.3) is 0 Å². The maximum atomic E-state index is 13.3. The van der Waals surface area contributed by atoms with Crippen molar-refractivity contribution in [1.82, 2.24) is 0 Å². The Morgan fingerprint density at radius 2 is 2.21 bits per heavy atom.